The van der Waals surface area contributed by atoms with Gasteiger partial charge in [0.1, 0.15) is 6.33 Å². The molecule has 0 saturated heterocycles. The molecule has 3 heterocycles. The molecule has 134 valence electrons. The molecule has 7 nitrogen and oxygen atoms in total. The van der Waals surface area contributed by atoms with Crippen molar-refractivity contribution in [2.24, 2.45) is 10.2 Å². The van der Waals surface area contributed by atoms with E-state index in [1.807, 2.05) is 60.8 Å². The van der Waals surface area contributed by atoms with Crippen LogP contribution in [0.2, 0.25) is 0 Å². The highest BCUT2D eigenvalue weighted by molar-refractivity contribution is 5.85. The van der Waals surface area contributed by atoms with Gasteiger partial charge in [-0.05, 0) is 29.8 Å². The van der Waals surface area contributed by atoms with Gasteiger partial charge in [0.25, 0.3) is 0 Å². The Labute approximate surface area is 160 Å². The largest absolute Gasteiger partial charge is 0.256 e. The average molecular weight is 365 g/mol. The smallest absolute Gasteiger partial charge is 0.188 e. The van der Waals surface area contributed by atoms with Gasteiger partial charge >= 0.3 is 0 Å². The van der Waals surface area contributed by atoms with Crippen LogP contribution in [0.3, 0.4) is 0 Å². The molecule has 0 spiro atoms. The minimum absolute atomic E-state index is 0.427. The Morgan fingerprint density at radius 2 is 1.71 bits per heavy atom. The number of hydrogen-bond donors (Lipinski definition) is 0. The maximum absolute atomic E-state index is 4.45. The highest BCUT2D eigenvalue weighted by Crippen LogP contribution is 2.24. The fourth-order valence-electron chi connectivity index (χ4n) is 3.06. The van der Waals surface area contributed by atoms with Crippen LogP contribution >= 0.6 is 0 Å². The van der Waals surface area contributed by atoms with E-state index < -0.39 is 0 Å². The van der Waals surface area contributed by atoms with Crippen molar-refractivity contribution in [3.63, 3.8) is 0 Å². The van der Waals surface area contributed by atoms with Gasteiger partial charge in [0.2, 0.25) is 0 Å². The van der Waals surface area contributed by atoms with Gasteiger partial charge in [-0.15, -0.1) is 5.11 Å². The van der Waals surface area contributed by atoms with Crippen molar-refractivity contribution >= 4 is 27.8 Å². The van der Waals surface area contributed by atoms with E-state index in [0.29, 0.717) is 18.0 Å². The zero-order valence-electron chi connectivity index (χ0n) is 14.8. The van der Waals surface area contributed by atoms with Gasteiger partial charge in [0, 0.05) is 11.6 Å². The van der Waals surface area contributed by atoms with E-state index >= 15 is 0 Å². The first-order chi connectivity index (χ1) is 13.9. The van der Waals surface area contributed by atoms with Crippen LogP contribution < -0.4 is 0 Å². The summed E-state index contributed by atoms with van der Waals surface area (Å²) in [5, 5.41) is 14.9. The predicted molar refractivity (Wildman–Crippen MR) is 107 cm³/mol. The third kappa shape index (κ3) is 2.99. The van der Waals surface area contributed by atoms with E-state index in [-0.39, 0.29) is 0 Å². The van der Waals surface area contributed by atoms with Gasteiger partial charge in [-0.3, -0.25) is 4.98 Å². The molecule has 0 aliphatic rings. The fraction of sp³-hybridized carbons (Fsp3) is 0.0476. The fourth-order valence-corrected chi connectivity index (χ4v) is 3.06. The van der Waals surface area contributed by atoms with Crippen LogP contribution in [0.25, 0.3) is 27.6 Å². The molecule has 2 aromatic carbocycles. The summed E-state index contributed by atoms with van der Waals surface area (Å²) in [5.41, 5.74) is 3.59. The highest BCUT2D eigenvalue weighted by atomic mass is 15.3. The molecule has 0 amide bonds. The van der Waals surface area contributed by atoms with Crippen LogP contribution in [0.5, 0.6) is 0 Å². The maximum atomic E-state index is 4.45. The second kappa shape index (κ2) is 6.96. The molecular weight excluding hydrogens is 350 g/mol. The summed E-state index contributed by atoms with van der Waals surface area (Å²) in [7, 11) is 0. The highest BCUT2D eigenvalue weighted by Gasteiger charge is 2.10. The van der Waals surface area contributed by atoms with Crippen LogP contribution in [-0.2, 0) is 6.54 Å². The number of rotatable bonds is 4. The van der Waals surface area contributed by atoms with Crippen LogP contribution in [0.4, 0.5) is 5.82 Å². The topological polar surface area (TPSA) is 81.2 Å². The Balaban J connectivity index is 1.44. The van der Waals surface area contributed by atoms with Crippen LogP contribution in [-0.4, -0.2) is 24.7 Å². The van der Waals surface area contributed by atoms with Gasteiger partial charge in [0.15, 0.2) is 11.5 Å². The Hall–Kier alpha value is -4.00. The lowest BCUT2D eigenvalue weighted by Crippen LogP contribution is -1.96. The SMILES string of the molecule is c1ccc(-n2ncc3c(N=NCc4cnc5ccccc5c4)ncnc32)cc1. The maximum Gasteiger partial charge on any atom is 0.188 e. The van der Waals surface area contributed by atoms with Crippen molar-refractivity contribution in [3.05, 3.63) is 84.9 Å². The van der Waals surface area contributed by atoms with Crippen molar-refractivity contribution < 1.29 is 0 Å². The summed E-state index contributed by atoms with van der Waals surface area (Å²) < 4.78 is 1.77. The van der Waals surface area contributed by atoms with Crippen molar-refractivity contribution in [2.75, 3.05) is 0 Å². The van der Waals surface area contributed by atoms with E-state index in [1.54, 1.807) is 10.9 Å². The van der Waals surface area contributed by atoms with Crippen LogP contribution in [0, 0.1) is 0 Å². The lowest BCUT2D eigenvalue weighted by molar-refractivity contribution is 0.894. The number of hydrogen-bond acceptors (Lipinski definition) is 6. The van der Waals surface area contributed by atoms with Gasteiger partial charge in [-0.1, -0.05) is 36.4 Å². The number of aromatic nitrogens is 5. The van der Waals surface area contributed by atoms with Crippen molar-refractivity contribution in [1.82, 2.24) is 24.7 Å². The van der Waals surface area contributed by atoms with Crippen LogP contribution in [0.1, 0.15) is 5.56 Å². The molecule has 7 heteroatoms. The van der Waals surface area contributed by atoms with E-state index in [2.05, 4.69) is 36.3 Å². The van der Waals surface area contributed by atoms with Gasteiger partial charge < -0.3 is 0 Å². The standard InChI is InChI=1S/C21H15N7/c1-2-7-17(8-3-1)28-21-18(13-26-28)20(23-14-24-21)27-25-12-15-10-16-6-4-5-9-19(16)22-11-15/h1-11,13-14H,12H2. The minimum Gasteiger partial charge on any atom is -0.256 e. The van der Waals surface area contributed by atoms with Crippen molar-refractivity contribution in [2.45, 2.75) is 6.54 Å². The second-order valence-electron chi connectivity index (χ2n) is 6.26. The lowest BCUT2D eigenvalue weighted by atomic mass is 10.2. The number of benzene rings is 2. The van der Waals surface area contributed by atoms with E-state index in [9.17, 15) is 0 Å². The molecule has 0 N–H and O–H groups in total. The molecule has 0 aliphatic heterocycles. The Morgan fingerprint density at radius 1 is 0.857 bits per heavy atom. The Morgan fingerprint density at radius 3 is 2.64 bits per heavy atom. The normalized spacial score (nSPS) is 11.6. The van der Waals surface area contributed by atoms with E-state index in [4.69, 9.17) is 0 Å². The monoisotopic (exact) mass is 365 g/mol. The average Bonchev–Trinajstić information content (AvgIpc) is 3.19. The zero-order valence-corrected chi connectivity index (χ0v) is 14.8. The minimum atomic E-state index is 0.427. The summed E-state index contributed by atoms with van der Waals surface area (Å²) in [5.74, 6) is 0.501. The molecular formula is C21H15N7. The first-order valence-corrected chi connectivity index (χ1v) is 8.84. The third-order valence-corrected chi connectivity index (χ3v) is 4.41. The molecule has 0 saturated carbocycles. The number of fused-ring (bicyclic) bond motifs is 2. The van der Waals surface area contributed by atoms with E-state index in [0.717, 1.165) is 27.5 Å². The molecule has 0 radical (unpaired) electrons. The first-order valence-electron chi connectivity index (χ1n) is 8.84. The number of pyridine rings is 1. The molecule has 5 rings (SSSR count). The first kappa shape index (κ1) is 16.2. The summed E-state index contributed by atoms with van der Waals surface area (Å²) >= 11 is 0. The van der Waals surface area contributed by atoms with Crippen LogP contribution in [0.15, 0.2) is 89.6 Å². The number of para-hydroxylation sites is 2. The number of azo groups is 1. The summed E-state index contributed by atoms with van der Waals surface area (Å²) in [6.45, 7) is 0.427. The Kier molecular flexibility index (Phi) is 4.02. The quantitative estimate of drug-likeness (QED) is 0.434. The Bertz CT molecular complexity index is 1290. The van der Waals surface area contributed by atoms with E-state index in [1.165, 1.54) is 6.33 Å². The molecule has 0 aliphatic carbocycles. The lowest BCUT2D eigenvalue weighted by Gasteiger charge is -2.02. The molecule has 28 heavy (non-hydrogen) atoms. The second-order valence-corrected chi connectivity index (χ2v) is 6.26. The zero-order chi connectivity index (χ0) is 18.8. The van der Waals surface area contributed by atoms with Gasteiger partial charge in [-0.25, -0.2) is 14.6 Å². The molecule has 0 bridgehead atoms. The number of nitrogens with zero attached hydrogens (tertiary/aromatic N) is 7. The predicted octanol–water partition coefficient (Wildman–Crippen LogP) is 4.65. The molecule has 0 atom stereocenters. The van der Waals surface area contributed by atoms with Crippen molar-refractivity contribution in [1.29, 1.82) is 0 Å². The molecule has 5 aromatic rings. The van der Waals surface area contributed by atoms with Gasteiger partial charge in [0.05, 0.1) is 29.3 Å². The molecule has 3 aromatic heterocycles. The molecule has 0 fully saturated rings. The molecule has 0 unspecified atom stereocenters. The summed E-state index contributed by atoms with van der Waals surface area (Å²) in [6, 6.07) is 19.9. The summed E-state index contributed by atoms with van der Waals surface area (Å²) in [6.07, 6.45) is 5.02. The van der Waals surface area contributed by atoms with Crippen molar-refractivity contribution in [3.8, 4) is 5.69 Å². The summed E-state index contributed by atoms with van der Waals surface area (Å²) in [4.78, 5) is 13.1. The third-order valence-electron chi connectivity index (χ3n) is 4.41. The van der Waals surface area contributed by atoms with Gasteiger partial charge in [-0.2, -0.15) is 10.2 Å².